The second kappa shape index (κ2) is 11.1. The molecule has 0 spiro atoms. The van der Waals surface area contributed by atoms with Crippen LogP contribution in [-0.2, 0) is 13.0 Å². The number of carbonyl (C=O) groups is 1. The van der Waals surface area contributed by atoms with Gasteiger partial charge in [-0.1, -0.05) is 66.7 Å². The average Bonchev–Trinajstić information content (AvgIpc) is 3.63. The molecule has 0 radical (unpaired) electrons. The first-order chi connectivity index (χ1) is 17.7. The maximum atomic E-state index is 14.1. The van der Waals surface area contributed by atoms with E-state index in [4.69, 9.17) is 9.84 Å². The maximum Gasteiger partial charge on any atom is 0.272 e. The summed E-state index contributed by atoms with van der Waals surface area (Å²) in [5.41, 5.74) is 4.42. The zero-order valence-electron chi connectivity index (χ0n) is 20.1. The number of aromatic nitrogens is 2. The molecule has 0 aliphatic carbocycles. The first-order valence-corrected chi connectivity index (χ1v) is 12.7. The third-order valence-electron chi connectivity index (χ3n) is 6.04. The topological polar surface area (TPSA) is 47.4 Å². The summed E-state index contributed by atoms with van der Waals surface area (Å²) in [5, 5.41) is 6.86. The quantitative estimate of drug-likeness (QED) is 0.236. The molecule has 180 valence electrons. The van der Waals surface area contributed by atoms with Crippen LogP contribution in [0.1, 0.15) is 21.6 Å². The Morgan fingerprint density at radius 3 is 2.22 bits per heavy atom. The second-order valence-electron chi connectivity index (χ2n) is 8.45. The van der Waals surface area contributed by atoms with Crippen molar-refractivity contribution < 1.29 is 9.53 Å². The lowest BCUT2D eigenvalue weighted by Gasteiger charge is -2.23. The zero-order valence-corrected chi connectivity index (χ0v) is 20.9. The Bertz CT molecular complexity index is 1400. The van der Waals surface area contributed by atoms with Gasteiger partial charge in [0.1, 0.15) is 17.1 Å². The van der Waals surface area contributed by atoms with Crippen molar-refractivity contribution >= 4 is 17.2 Å². The van der Waals surface area contributed by atoms with E-state index in [0.717, 1.165) is 34.0 Å². The van der Waals surface area contributed by atoms with Gasteiger partial charge >= 0.3 is 0 Å². The van der Waals surface area contributed by atoms with Crippen molar-refractivity contribution in [3.05, 3.63) is 125 Å². The monoisotopic (exact) mass is 493 g/mol. The van der Waals surface area contributed by atoms with E-state index in [2.05, 4.69) is 24.3 Å². The normalized spacial score (nSPS) is 10.8. The van der Waals surface area contributed by atoms with Crippen LogP contribution in [0.15, 0.2) is 109 Å². The van der Waals surface area contributed by atoms with Crippen LogP contribution in [0.2, 0.25) is 0 Å². The van der Waals surface area contributed by atoms with Crippen LogP contribution in [0.4, 0.5) is 0 Å². The zero-order chi connectivity index (χ0) is 24.7. The van der Waals surface area contributed by atoms with E-state index in [1.165, 1.54) is 5.56 Å². The van der Waals surface area contributed by atoms with Crippen LogP contribution >= 0.6 is 11.3 Å². The summed E-state index contributed by atoms with van der Waals surface area (Å²) in [6, 6.07) is 33.9. The van der Waals surface area contributed by atoms with Crippen molar-refractivity contribution in [2.24, 2.45) is 0 Å². The summed E-state index contributed by atoms with van der Waals surface area (Å²) in [7, 11) is 1.64. The number of rotatable bonds is 9. The Labute approximate surface area is 215 Å². The molecule has 2 heterocycles. The third kappa shape index (κ3) is 5.39. The molecule has 36 heavy (non-hydrogen) atoms. The van der Waals surface area contributed by atoms with Gasteiger partial charge in [-0.3, -0.25) is 4.79 Å². The van der Waals surface area contributed by atoms with Crippen molar-refractivity contribution in [1.82, 2.24) is 14.7 Å². The van der Waals surface area contributed by atoms with Gasteiger partial charge in [-0.25, -0.2) is 4.68 Å². The molecule has 0 N–H and O–H groups in total. The standard InChI is InChI=1S/C30H27N3O2S/c1-35-26-16-14-25(15-17-26)33-28(21-27(31-33)29-13-8-20-36-29)30(34)32(22-24-11-6-3-7-12-24)19-18-23-9-4-2-5-10-23/h2-17,20-21H,18-19,22H2,1H3. The number of ether oxygens (including phenoxy) is 1. The fourth-order valence-electron chi connectivity index (χ4n) is 4.13. The third-order valence-corrected chi connectivity index (χ3v) is 6.93. The van der Waals surface area contributed by atoms with Crippen LogP contribution in [0.3, 0.4) is 0 Å². The fraction of sp³-hybridized carbons (Fsp3) is 0.133. The first-order valence-electron chi connectivity index (χ1n) is 11.9. The summed E-state index contributed by atoms with van der Waals surface area (Å²) >= 11 is 1.61. The average molecular weight is 494 g/mol. The summed E-state index contributed by atoms with van der Waals surface area (Å²) in [6.07, 6.45) is 0.772. The molecule has 5 nitrogen and oxygen atoms in total. The van der Waals surface area contributed by atoms with Crippen LogP contribution < -0.4 is 4.74 Å². The van der Waals surface area contributed by atoms with Crippen molar-refractivity contribution in [3.63, 3.8) is 0 Å². The molecule has 0 unspecified atom stereocenters. The predicted molar refractivity (Wildman–Crippen MR) is 145 cm³/mol. The molecule has 0 fully saturated rings. The van der Waals surface area contributed by atoms with Gasteiger partial charge in [-0.05, 0) is 59.3 Å². The van der Waals surface area contributed by atoms with Gasteiger partial charge < -0.3 is 9.64 Å². The van der Waals surface area contributed by atoms with Crippen LogP contribution in [0.5, 0.6) is 5.75 Å². The highest BCUT2D eigenvalue weighted by Crippen LogP contribution is 2.27. The van der Waals surface area contributed by atoms with Crippen LogP contribution in [0.25, 0.3) is 16.3 Å². The minimum absolute atomic E-state index is 0.0547. The molecule has 0 atom stereocenters. The van der Waals surface area contributed by atoms with Gasteiger partial charge in [-0.15, -0.1) is 11.3 Å². The van der Waals surface area contributed by atoms with Gasteiger partial charge in [0.15, 0.2) is 0 Å². The minimum Gasteiger partial charge on any atom is -0.497 e. The lowest BCUT2D eigenvalue weighted by Crippen LogP contribution is -2.34. The second-order valence-corrected chi connectivity index (χ2v) is 9.40. The number of hydrogen-bond acceptors (Lipinski definition) is 4. The van der Waals surface area contributed by atoms with E-state index >= 15 is 0 Å². The predicted octanol–water partition coefficient (Wildman–Crippen LogP) is 6.49. The smallest absolute Gasteiger partial charge is 0.272 e. The number of methoxy groups -OCH3 is 1. The van der Waals surface area contributed by atoms with Gasteiger partial charge in [0.25, 0.3) is 5.91 Å². The molecule has 0 aliphatic heterocycles. The highest BCUT2D eigenvalue weighted by Gasteiger charge is 2.23. The number of thiophene rings is 1. The number of hydrogen-bond donors (Lipinski definition) is 0. The molecule has 2 aromatic heterocycles. The Balaban J connectivity index is 1.52. The van der Waals surface area contributed by atoms with E-state index in [0.29, 0.717) is 18.8 Å². The Morgan fingerprint density at radius 1 is 0.889 bits per heavy atom. The van der Waals surface area contributed by atoms with Crippen molar-refractivity contribution in [2.45, 2.75) is 13.0 Å². The summed E-state index contributed by atoms with van der Waals surface area (Å²) < 4.78 is 7.07. The van der Waals surface area contributed by atoms with Gasteiger partial charge in [-0.2, -0.15) is 5.10 Å². The van der Waals surface area contributed by atoms with E-state index in [9.17, 15) is 4.79 Å². The van der Waals surface area contributed by atoms with E-state index in [-0.39, 0.29) is 5.91 Å². The molecule has 0 saturated carbocycles. The molecule has 6 heteroatoms. The molecular formula is C30H27N3O2S. The summed E-state index contributed by atoms with van der Waals surface area (Å²) in [5.74, 6) is 0.701. The summed E-state index contributed by atoms with van der Waals surface area (Å²) in [4.78, 5) is 17.1. The molecule has 0 saturated heterocycles. The number of nitrogens with zero attached hydrogens (tertiary/aromatic N) is 3. The SMILES string of the molecule is COc1ccc(-n2nc(-c3cccs3)cc2C(=O)N(CCc2ccccc2)Cc2ccccc2)cc1. The van der Waals surface area contributed by atoms with Crippen LogP contribution in [0, 0.1) is 0 Å². The van der Waals surface area contributed by atoms with E-state index < -0.39 is 0 Å². The molecular weight excluding hydrogens is 466 g/mol. The fourth-order valence-corrected chi connectivity index (χ4v) is 4.81. The highest BCUT2D eigenvalue weighted by atomic mass is 32.1. The van der Waals surface area contributed by atoms with Gasteiger partial charge in [0.2, 0.25) is 0 Å². The Kier molecular flexibility index (Phi) is 7.24. The molecule has 3 aromatic carbocycles. The highest BCUT2D eigenvalue weighted by molar-refractivity contribution is 7.13. The van der Waals surface area contributed by atoms with Crippen LogP contribution in [-0.4, -0.2) is 34.2 Å². The maximum absolute atomic E-state index is 14.1. The Hall–Kier alpha value is -4.16. The number of carbonyl (C=O) groups excluding carboxylic acids is 1. The van der Waals surface area contributed by atoms with Crippen molar-refractivity contribution in [2.75, 3.05) is 13.7 Å². The number of benzene rings is 3. The lowest BCUT2D eigenvalue weighted by molar-refractivity contribution is 0.0736. The van der Waals surface area contributed by atoms with Crippen molar-refractivity contribution in [1.29, 1.82) is 0 Å². The van der Waals surface area contributed by atoms with Gasteiger partial charge in [0, 0.05) is 13.1 Å². The molecule has 0 bridgehead atoms. The minimum atomic E-state index is -0.0547. The van der Waals surface area contributed by atoms with E-state index in [1.807, 2.05) is 89.1 Å². The Morgan fingerprint density at radius 2 is 1.58 bits per heavy atom. The summed E-state index contributed by atoms with van der Waals surface area (Å²) in [6.45, 7) is 1.12. The lowest BCUT2D eigenvalue weighted by atomic mass is 10.1. The molecule has 5 aromatic rings. The molecule has 0 aliphatic rings. The number of amides is 1. The largest absolute Gasteiger partial charge is 0.497 e. The van der Waals surface area contributed by atoms with Crippen molar-refractivity contribution in [3.8, 4) is 22.0 Å². The van der Waals surface area contributed by atoms with Gasteiger partial charge in [0.05, 0.1) is 17.7 Å². The molecule has 1 amide bonds. The molecule has 5 rings (SSSR count). The van der Waals surface area contributed by atoms with E-state index in [1.54, 1.807) is 23.1 Å². The first kappa shape index (κ1) is 23.6.